The highest BCUT2D eigenvalue weighted by Gasteiger charge is 2.19. The predicted octanol–water partition coefficient (Wildman–Crippen LogP) is 2.86. The number of nitrogens with zero attached hydrogens (tertiary/aromatic N) is 3. The monoisotopic (exact) mass is 318 g/mol. The molecular weight excluding hydrogens is 304 g/mol. The standard InChI is InChI=1S/C14H15BrN4/c1-2-3-12-11-7-17-8-13(11)19-14(18-12)9-4-10(15)6-16-5-9/h4-6,17H,2-3,7-8H2,1H3. The van der Waals surface area contributed by atoms with Gasteiger partial charge in [0.25, 0.3) is 0 Å². The van der Waals surface area contributed by atoms with Crippen molar-refractivity contribution in [3.05, 3.63) is 39.9 Å². The van der Waals surface area contributed by atoms with Crippen molar-refractivity contribution in [1.29, 1.82) is 0 Å². The van der Waals surface area contributed by atoms with E-state index in [0.29, 0.717) is 0 Å². The van der Waals surface area contributed by atoms with Crippen LogP contribution in [0.25, 0.3) is 11.4 Å². The molecule has 0 spiro atoms. The average molecular weight is 319 g/mol. The minimum Gasteiger partial charge on any atom is -0.307 e. The van der Waals surface area contributed by atoms with Crippen molar-refractivity contribution in [3.8, 4) is 11.4 Å². The molecule has 2 aromatic heterocycles. The van der Waals surface area contributed by atoms with Gasteiger partial charge in [0.1, 0.15) is 0 Å². The second-order valence-corrected chi connectivity index (χ2v) is 5.58. The van der Waals surface area contributed by atoms with E-state index in [4.69, 9.17) is 4.98 Å². The van der Waals surface area contributed by atoms with Crippen molar-refractivity contribution in [1.82, 2.24) is 20.3 Å². The Bertz CT molecular complexity index is 612. The van der Waals surface area contributed by atoms with Crippen LogP contribution in [-0.2, 0) is 19.5 Å². The molecule has 2 aromatic rings. The van der Waals surface area contributed by atoms with Crippen molar-refractivity contribution >= 4 is 15.9 Å². The minimum absolute atomic E-state index is 0.778. The third-order valence-corrected chi connectivity index (χ3v) is 3.66. The third-order valence-electron chi connectivity index (χ3n) is 3.22. The first kappa shape index (κ1) is 12.7. The van der Waals surface area contributed by atoms with Crippen LogP contribution in [0.3, 0.4) is 0 Å². The number of halogens is 1. The Hall–Kier alpha value is -1.33. The van der Waals surface area contributed by atoms with Crippen LogP contribution in [0.2, 0.25) is 0 Å². The van der Waals surface area contributed by atoms with E-state index in [-0.39, 0.29) is 0 Å². The molecule has 0 saturated carbocycles. The summed E-state index contributed by atoms with van der Waals surface area (Å²) >= 11 is 3.44. The molecule has 0 fully saturated rings. The summed E-state index contributed by atoms with van der Waals surface area (Å²) in [6, 6.07) is 2.01. The van der Waals surface area contributed by atoms with E-state index in [0.717, 1.165) is 47.5 Å². The summed E-state index contributed by atoms with van der Waals surface area (Å²) in [4.78, 5) is 13.6. The van der Waals surface area contributed by atoms with Crippen molar-refractivity contribution in [3.63, 3.8) is 0 Å². The fourth-order valence-corrected chi connectivity index (χ4v) is 2.71. The summed E-state index contributed by atoms with van der Waals surface area (Å²) in [5, 5.41) is 3.35. The first-order chi connectivity index (χ1) is 9.28. The Kier molecular flexibility index (Phi) is 3.57. The van der Waals surface area contributed by atoms with Gasteiger partial charge in [-0.05, 0) is 28.4 Å². The summed E-state index contributed by atoms with van der Waals surface area (Å²) in [6.07, 6.45) is 5.68. The van der Waals surface area contributed by atoms with Crippen LogP contribution in [0.15, 0.2) is 22.9 Å². The first-order valence-electron chi connectivity index (χ1n) is 6.48. The molecule has 1 aliphatic rings. The average Bonchev–Trinajstić information content (AvgIpc) is 2.87. The van der Waals surface area contributed by atoms with E-state index in [1.165, 1.54) is 11.3 Å². The highest BCUT2D eigenvalue weighted by molar-refractivity contribution is 9.10. The number of aromatic nitrogens is 3. The lowest BCUT2D eigenvalue weighted by Crippen LogP contribution is -2.03. The number of aryl methyl sites for hydroxylation is 1. The number of hydrogen-bond acceptors (Lipinski definition) is 4. The summed E-state index contributed by atoms with van der Waals surface area (Å²) in [5.41, 5.74) is 4.55. The molecule has 3 heterocycles. The molecule has 4 nitrogen and oxygen atoms in total. The fourth-order valence-electron chi connectivity index (χ4n) is 2.35. The SMILES string of the molecule is CCCc1nc(-c2cncc(Br)c2)nc2c1CNC2. The van der Waals surface area contributed by atoms with Crippen LogP contribution in [-0.4, -0.2) is 15.0 Å². The van der Waals surface area contributed by atoms with Gasteiger partial charge in [0, 0.05) is 46.8 Å². The fraction of sp³-hybridized carbons (Fsp3) is 0.357. The molecule has 0 aromatic carbocycles. The number of nitrogens with one attached hydrogen (secondary N) is 1. The second kappa shape index (κ2) is 5.35. The van der Waals surface area contributed by atoms with Crippen molar-refractivity contribution in [2.45, 2.75) is 32.9 Å². The van der Waals surface area contributed by atoms with Crippen molar-refractivity contribution in [2.24, 2.45) is 0 Å². The molecule has 0 saturated heterocycles. The molecule has 0 atom stereocenters. The summed E-state index contributed by atoms with van der Waals surface area (Å²) in [6.45, 7) is 3.90. The van der Waals surface area contributed by atoms with E-state index < -0.39 is 0 Å². The number of fused-ring (bicyclic) bond motifs is 1. The van der Waals surface area contributed by atoms with Gasteiger partial charge < -0.3 is 5.32 Å². The van der Waals surface area contributed by atoms with Gasteiger partial charge in [0.2, 0.25) is 0 Å². The Balaban J connectivity index is 2.10. The van der Waals surface area contributed by atoms with Crippen LogP contribution in [0.1, 0.15) is 30.3 Å². The van der Waals surface area contributed by atoms with Gasteiger partial charge in [-0.25, -0.2) is 9.97 Å². The van der Waals surface area contributed by atoms with Gasteiger partial charge in [-0.2, -0.15) is 0 Å². The van der Waals surface area contributed by atoms with Gasteiger partial charge in [0.15, 0.2) is 5.82 Å². The van der Waals surface area contributed by atoms with Crippen molar-refractivity contribution < 1.29 is 0 Å². The molecule has 0 unspecified atom stereocenters. The van der Waals surface area contributed by atoms with E-state index >= 15 is 0 Å². The van der Waals surface area contributed by atoms with Gasteiger partial charge >= 0.3 is 0 Å². The highest BCUT2D eigenvalue weighted by Crippen LogP contribution is 2.24. The van der Waals surface area contributed by atoms with E-state index in [9.17, 15) is 0 Å². The second-order valence-electron chi connectivity index (χ2n) is 4.66. The van der Waals surface area contributed by atoms with Crippen LogP contribution < -0.4 is 5.32 Å². The highest BCUT2D eigenvalue weighted by atomic mass is 79.9. The lowest BCUT2D eigenvalue weighted by atomic mass is 10.1. The van der Waals surface area contributed by atoms with E-state index in [1.807, 2.05) is 12.3 Å². The molecule has 0 radical (unpaired) electrons. The topological polar surface area (TPSA) is 50.7 Å². The maximum Gasteiger partial charge on any atom is 0.161 e. The van der Waals surface area contributed by atoms with Crippen LogP contribution >= 0.6 is 15.9 Å². The quantitative estimate of drug-likeness (QED) is 0.945. The molecule has 1 N–H and O–H groups in total. The lowest BCUT2D eigenvalue weighted by molar-refractivity contribution is 0.753. The van der Waals surface area contributed by atoms with Gasteiger partial charge in [0.05, 0.1) is 5.69 Å². The smallest absolute Gasteiger partial charge is 0.161 e. The number of pyridine rings is 1. The molecule has 0 amide bonds. The lowest BCUT2D eigenvalue weighted by Gasteiger charge is -2.09. The molecule has 3 rings (SSSR count). The van der Waals surface area contributed by atoms with Crippen LogP contribution in [0.4, 0.5) is 0 Å². The summed E-state index contributed by atoms with van der Waals surface area (Å²) in [5.74, 6) is 0.778. The van der Waals surface area contributed by atoms with Crippen molar-refractivity contribution in [2.75, 3.05) is 0 Å². The predicted molar refractivity (Wildman–Crippen MR) is 77.5 cm³/mol. The maximum absolute atomic E-state index is 4.73. The van der Waals surface area contributed by atoms with Gasteiger partial charge in [-0.15, -0.1) is 0 Å². The first-order valence-corrected chi connectivity index (χ1v) is 7.27. The molecule has 1 aliphatic heterocycles. The molecular formula is C14H15BrN4. The summed E-state index contributed by atoms with van der Waals surface area (Å²) < 4.78 is 0.948. The normalized spacial score (nSPS) is 13.6. The molecule has 0 bridgehead atoms. The molecule has 98 valence electrons. The van der Waals surface area contributed by atoms with E-state index in [1.54, 1.807) is 6.20 Å². The maximum atomic E-state index is 4.73. The Morgan fingerprint density at radius 2 is 2.16 bits per heavy atom. The Morgan fingerprint density at radius 1 is 1.26 bits per heavy atom. The van der Waals surface area contributed by atoms with Crippen LogP contribution in [0, 0.1) is 0 Å². The van der Waals surface area contributed by atoms with Gasteiger partial charge in [-0.1, -0.05) is 13.3 Å². The zero-order valence-corrected chi connectivity index (χ0v) is 12.4. The molecule has 0 aliphatic carbocycles. The summed E-state index contributed by atoms with van der Waals surface area (Å²) in [7, 11) is 0. The third kappa shape index (κ3) is 2.53. The zero-order valence-electron chi connectivity index (χ0n) is 10.8. The van der Waals surface area contributed by atoms with Gasteiger partial charge in [-0.3, -0.25) is 4.98 Å². The molecule has 19 heavy (non-hydrogen) atoms. The Morgan fingerprint density at radius 3 is 2.95 bits per heavy atom. The Labute approximate surface area is 120 Å². The molecule has 5 heteroatoms. The zero-order chi connectivity index (χ0) is 13.2. The number of hydrogen-bond donors (Lipinski definition) is 1. The van der Waals surface area contributed by atoms with E-state index in [2.05, 4.69) is 38.1 Å². The number of rotatable bonds is 3. The van der Waals surface area contributed by atoms with Crippen LogP contribution in [0.5, 0.6) is 0 Å². The minimum atomic E-state index is 0.778. The largest absolute Gasteiger partial charge is 0.307 e.